The molecule has 1 amide bonds. The summed E-state index contributed by atoms with van der Waals surface area (Å²) in [6, 6.07) is 12.6. The van der Waals surface area contributed by atoms with Crippen LogP contribution in [0, 0.1) is 0 Å². The number of nitrogens with one attached hydrogen (secondary N) is 2. The number of aryl methyl sites for hydroxylation is 1. The van der Waals surface area contributed by atoms with E-state index < -0.39 is 28.0 Å². The minimum atomic E-state index is -3.68. The van der Waals surface area contributed by atoms with E-state index in [9.17, 15) is 18.0 Å². The fraction of sp³-hybridized carbons (Fsp3) is 0.238. The van der Waals surface area contributed by atoms with Crippen molar-refractivity contribution in [2.45, 2.75) is 31.3 Å². The number of esters is 1. The highest BCUT2D eigenvalue weighted by atomic mass is 32.2. The van der Waals surface area contributed by atoms with Crippen LogP contribution in [0.3, 0.4) is 0 Å². The molecule has 0 unspecified atom stereocenters. The lowest BCUT2D eigenvalue weighted by Gasteiger charge is -2.14. The molecule has 0 radical (unpaired) electrons. The van der Waals surface area contributed by atoms with Gasteiger partial charge in [0, 0.05) is 12.2 Å². The Morgan fingerprint density at radius 1 is 1.10 bits per heavy atom. The minimum absolute atomic E-state index is 0.0113. The fourth-order valence-corrected chi connectivity index (χ4v) is 3.37. The van der Waals surface area contributed by atoms with E-state index in [2.05, 4.69) is 16.6 Å². The molecular formula is C21H24N2O5S. The van der Waals surface area contributed by atoms with Gasteiger partial charge in [0.05, 0.1) is 10.5 Å². The Hall–Kier alpha value is -2.97. The number of benzene rings is 2. The molecule has 0 bridgehead atoms. The summed E-state index contributed by atoms with van der Waals surface area (Å²) in [5, 5.41) is 2.69. The molecule has 2 aromatic carbocycles. The van der Waals surface area contributed by atoms with Crippen LogP contribution < -0.4 is 10.0 Å². The molecule has 0 saturated carbocycles. The number of ether oxygens (including phenoxy) is 1. The van der Waals surface area contributed by atoms with Crippen molar-refractivity contribution in [3.63, 3.8) is 0 Å². The molecule has 0 aliphatic rings. The summed E-state index contributed by atoms with van der Waals surface area (Å²) in [5.41, 5.74) is 1.89. The first-order chi connectivity index (χ1) is 13.8. The van der Waals surface area contributed by atoms with Crippen LogP contribution >= 0.6 is 0 Å². The number of anilines is 1. The third-order valence-corrected chi connectivity index (χ3v) is 5.54. The van der Waals surface area contributed by atoms with Gasteiger partial charge in [0.1, 0.15) is 0 Å². The molecule has 0 saturated heterocycles. The van der Waals surface area contributed by atoms with Gasteiger partial charge in [-0.3, -0.25) is 4.79 Å². The Balaban J connectivity index is 1.97. The van der Waals surface area contributed by atoms with E-state index in [1.54, 1.807) is 12.1 Å². The molecule has 2 aromatic rings. The molecule has 8 heteroatoms. The maximum Gasteiger partial charge on any atom is 0.338 e. The molecule has 2 N–H and O–H groups in total. The zero-order chi connectivity index (χ0) is 21.4. The normalized spacial score (nSPS) is 12.1. The number of rotatable bonds is 9. The Morgan fingerprint density at radius 3 is 2.28 bits per heavy atom. The summed E-state index contributed by atoms with van der Waals surface area (Å²) in [5.74, 6) is -1.19. The Morgan fingerprint density at radius 2 is 1.72 bits per heavy atom. The number of amides is 1. The molecule has 1 atom stereocenters. The second kappa shape index (κ2) is 9.99. The van der Waals surface area contributed by atoms with Crippen LogP contribution in [0.15, 0.2) is 66.1 Å². The zero-order valence-electron chi connectivity index (χ0n) is 16.3. The van der Waals surface area contributed by atoms with E-state index in [1.165, 1.54) is 37.3 Å². The van der Waals surface area contributed by atoms with E-state index in [4.69, 9.17) is 4.74 Å². The van der Waals surface area contributed by atoms with Crippen LogP contribution in [0.5, 0.6) is 0 Å². The summed E-state index contributed by atoms with van der Waals surface area (Å²) in [4.78, 5) is 24.5. The predicted molar refractivity (Wildman–Crippen MR) is 111 cm³/mol. The number of hydrogen-bond donors (Lipinski definition) is 2. The van der Waals surface area contributed by atoms with Gasteiger partial charge >= 0.3 is 5.97 Å². The lowest BCUT2D eigenvalue weighted by atomic mass is 10.1. The predicted octanol–water partition coefficient (Wildman–Crippen LogP) is 2.90. The number of carbonyl (C=O) groups is 2. The van der Waals surface area contributed by atoms with Crippen LogP contribution in [0.2, 0.25) is 0 Å². The van der Waals surface area contributed by atoms with Gasteiger partial charge in [0.25, 0.3) is 5.91 Å². The fourth-order valence-electron chi connectivity index (χ4n) is 2.37. The maximum absolute atomic E-state index is 12.2. The van der Waals surface area contributed by atoms with Gasteiger partial charge in [-0.2, -0.15) is 0 Å². The number of hydrogen-bond acceptors (Lipinski definition) is 5. The Kier molecular flexibility index (Phi) is 7.69. The topological polar surface area (TPSA) is 102 Å². The van der Waals surface area contributed by atoms with Crippen molar-refractivity contribution in [1.29, 1.82) is 0 Å². The first-order valence-corrected chi connectivity index (χ1v) is 10.6. The Labute approximate surface area is 170 Å². The maximum atomic E-state index is 12.2. The summed E-state index contributed by atoms with van der Waals surface area (Å²) >= 11 is 0. The lowest BCUT2D eigenvalue weighted by molar-refractivity contribution is -0.123. The van der Waals surface area contributed by atoms with Crippen molar-refractivity contribution in [2.24, 2.45) is 0 Å². The molecule has 0 aliphatic heterocycles. The van der Waals surface area contributed by atoms with Crippen molar-refractivity contribution >= 4 is 27.6 Å². The van der Waals surface area contributed by atoms with Gasteiger partial charge in [-0.05, 0) is 55.3 Å². The molecule has 2 rings (SSSR count). The second-order valence-electron chi connectivity index (χ2n) is 6.25. The summed E-state index contributed by atoms with van der Waals surface area (Å²) in [6.07, 6.45) is 1.30. The Bertz CT molecular complexity index is 967. The average Bonchev–Trinajstić information content (AvgIpc) is 2.72. The van der Waals surface area contributed by atoms with E-state index in [-0.39, 0.29) is 17.0 Å². The smallest absolute Gasteiger partial charge is 0.338 e. The van der Waals surface area contributed by atoms with Crippen LogP contribution in [-0.2, 0) is 26.0 Å². The zero-order valence-corrected chi connectivity index (χ0v) is 17.2. The van der Waals surface area contributed by atoms with Crippen molar-refractivity contribution < 1.29 is 22.7 Å². The molecule has 154 valence electrons. The summed E-state index contributed by atoms with van der Waals surface area (Å²) in [6.45, 7) is 7.05. The molecule has 0 aromatic heterocycles. The minimum Gasteiger partial charge on any atom is -0.449 e. The SMILES string of the molecule is C=CCNS(=O)(=O)c1ccc(C(=O)O[C@@H](C)C(=O)Nc2ccc(CC)cc2)cc1. The largest absolute Gasteiger partial charge is 0.449 e. The highest BCUT2D eigenvalue weighted by Crippen LogP contribution is 2.14. The molecular weight excluding hydrogens is 392 g/mol. The van der Waals surface area contributed by atoms with Crippen LogP contribution in [-0.4, -0.2) is 32.9 Å². The quantitative estimate of drug-likeness (QED) is 0.483. The number of sulfonamides is 1. The third kappa shape index (κ3) is 6.27. The summed E-state index contributed by atoms with van der Waals surface area (Å²) in [7, 11) is -3.68. The van der Waals surface area contributed by atoms with Gasteiger partial charge in [0.15, 0.2) is 6.10 Å². The van der Waals surface area contributed by atoms with Crippen molar-refractivity contribution in [3.05, 3.63) is 72.3 Å². The van der Waals surface area contributed by atoms with Gasteiger partial charge in [-0.25, -0.2) is 17.9 Å². The molecule has 29 heavy (non-hydrogen) atoms. The standard InChI is InChI=1S/C21H24N2O5S/c1-4-14-22-29(26,27)19-12-8-17(9-13-19)21(25)28-15(3)20(24)23-18-10-6-16(5-2)7-11-18/h4,6-13,15,22H,1,5,14H2,2-3H3,(H,23,24)/t15-/m0/s1. The lowest BCUT2D eigenvalue weighted by Crippen LogP contribution is -2.30. The van der Waals surface area contributed by atoms with Crippen LogP contribution in [0.1, 0.15) is 29.8 Å². The van der Waals surface area contributed by atoms with Gasteiger partial charge in [-0.15, -0.1) is 6.58 Å². The van der Waals surface area contributed by atoms with E-state index in [1.807, 2.05) is 19.1 Å². The highest BCUT2D eigenvalue weighted by Gasteiger charge is 2.20. The molecule has 0 fully saturated rings. The monoisotopic (exact) mass is 416 g/mol. The van der Waals surface area contributed by atoms with E-state index >= 15 is 0 Å². The number of carbonyl (C=O) groups excluding carboxylic acids is 2. The van der Waals surface area contributed by atoms with Crippen LogP contribution in [0.4, 0.5) is 5.69 Å². The van der Waals surface area contributed by atoms with Gasteiger partial charge < -0.3 is 10.1 Å². The second-order valence-corrected chi connectivity index (χ2v) is 8.02. The van der Waals surface area contributed by atoms with Gasteiger partial charge in [0.2, 0.25) is 10.0 Å². The first-order valence-electron chi connectivity index (χ1n) is 9.08. The van der Waals surface area contributed by atoms with Crippen molar-refractivity contribution in [3.8, 4) is 0 Å². The highest BCUT2D eigenvalue weighted by molar-refractivity contribution is 7.89. The third-order valence-electron chi connectivity index (χ3n) is 4.10. The van der Waals surface area contributed by atoms with Gasteiger partial charge in [-0.1, -0.05) is 25.1 Å². The van der Waals surface area contributed by atoms with Crippen LogP contribution in [0.25, 0.3) is 0 Å². The van der Waals surface area contributed by atoms with Crippen molar-refractivity contribution in [2.75, 3.05) is 11.9 Å². The van der Waals surface area contributed by atoms with E-state index in [0.29, 0.717) is 5.69 Å². The van der Waals surface area contributed by atoms with Crippen molar-refractivity contribution in [1.82, 2.24) is 4.72 Å². The first kappa shape index (κ1) is 22.3. The molecule has 0 heterocycles. The summed E-state index contributed by atoms with van der Waals surface area (Å²) < 4.78 is 31.6. The van der Waals surface area contributed by atoms with E-state index in [0.717, 1.165) is 12.0 Å². The molecule has 0 aliphatic carbocycles. The molecule has 7 nitrogen and oxygen atoms in total. The molecule has 0 spiro atoms. The average molecular weight is 416 g/mol.